The molecular weight excluding hydrogens is 240 g/mol. The Kier molecular flexibility index (Phi) is 4.82. The fourth-order valence-electron chi connectivity index (χ4n) is 2.79. The van der Waals surface area contributed by atoms with Crippen LogP contribution in [0.1, 0.15) is 44.1 Å². The summed E-state index contributed by atoms with van der Waals surface area (Å²) in [5, 5.41) is 9.50. The Morgan fingerprint density at radius 3 is 3.06 bits per heavy atom. The van der Waals surface area contributed by atoms with Crippen LogP contribution in [0.3, 0.4) is 0 Å². The van der Waals surface area contributed by atoms with Crippen LogP contribution in [-0.4, -0.2) is 19.1 Å². The monoisotopic (exact) mass is 266 g/mol. The third-order valence-corrected chi connectivity index (χ3v) is 5.15. The van der Waals surface area contributed by atoms with E-state index in [1.54, 1.807) is 0 Å². The van der Waals surface area contributed by atoms with Crippen LogP contribution in [0.5, 0.6) is 0 Å². The second-order valence-electron chi connectivity index (χ2n) is 5.95. The van der Waals surface area contributed by atoms with Gasteiger partial charge in [-0.05, 0) is 48.2 Å². The number of nitrogens with one attached hydrogen (secondary N) is 2. The predicted octanol–water partition coefficient (Wildman–Crippen LogP) is 3.18. The first-order valence-corrected chi connectivity index (χ1v) is 8.01. The molecule has 18 heavy (non-hydrogen) atoms. The third kappa shape index (κ3) is 3.34. The number of hydrogen-bond acceptors (Lipinski definition) is 3. The second kappa shape index (κ2) is 6.18. The Morgan fingerprint density at radius 1 is 1.50 bits per heavy atom. The molecule has 2 N–H and O–H groups in total. The quantitative estimate of drug-likeness (QED) is 0.855. The predicted molar refractivity (Wildman–Crippen MR) is 80.2 cm³/mol. The van der Waals surface area contributed by atoms with Crippen molar-refractivity contribution in [1.29, 1.82) is 0 Å². The van der Waals surface area contributed by atoms with E-state index >= 15 is 0 Å². The van der Waals surface area contributed by atoms with Crippen LogP contribution >= 0.6 is 11.3 Å². The van der Waals surface area contributed by atoms with Crippen molar-refractivity contribution in [1.82, 2.24) is 10.6 Å². The molecule has 1 atom stereocenters. The van der Waals surface area contributed by atoms with Gasteiger partial charge in [0.1, 0.15) is 0 Å². The van der Waals surface area contributed by atoms with E-state index in [1.807, 2.05) is 11.3 Å². The summed E-state index contributed by atoms with van der Waals surface area (Å²) in [4.78, 5) is 1.51. The van der Waals surface area contributed by atoms with Crippen LogP contribution < -0.4 is 10.6 Å². The fraction of sp³-hybridized carbons (Fsp3) is 0.733. The van der Waals surface area contributed by atoms with Crippen LogP contribution in [0.25, 0.3) is 0 Å². The Morgan fingerprint density at radius 2 is 2.33 bits per heavy atom. The van der Waals surface area contributed by atoms with Crippen LogP contribution in [-0.2, 0) is 13.0 Å². The zero-order valence-electron chi connectivity index (χ0n) is 11.9. The van der Waals surface area contributed by atoms with E-state index in [-0.39, 0.29) is 0 Å². The first kappa shape index (κ1) is 14.0. The van der Waals surface area contributed by atoms with E-state index in [2.05, 4.69) is 42.9 Å². The zero-order chi connectivity index (χ0) is 13.0. The zero-order valence-corrected chi connectivity index (χ0v) is 12.7. The minimum Gasteiger partial charge on any atom is -0.312 e. The smallest absolute Gasteiger partial charge is 0.0303 e. The van der Waals surface area contributed by atoms with Gasteiger partial charge < -0.3 is 10.6 Å². The fourth-order valence-corrected chi connectivity index (χ4v) is 3.73. The minimum absolute atomic E-state index is 0.425. The second-order valence-corrected chi connectivity index (χ2v) is 6.95. The molecule has 0 saturated carbocycles. The molecule has 0 bridgehead atoms. The molecule has 3 heteroatoms. The van der Waals surface area contributed by atoms with Gasteiger partial charge in [0.2, 0.25) is 0 Å². The number of thiophene rings is 1. The van der Waals surface area contributed by atoms with Gasteiger partial charge in [-0.3, -0.25) is 0 Å². The molecule has 1 unspecified atom stereocenters. The highest BCUT2D eigenvalue weighted by Crippen LogP contribution is 2.29. The summed E-state index contributed by atoms with van der Waals surface area (Å²) in [6.07, 6.45) is 3.80. The highest BCUT2D eigenvalue weighted by atomic mass is 32.1. The lowest BCUT2D eigenvalue weighted by Crippen LogP contribution is -2.51. The normalized spacial score (nSPS) is 23.2. The summed E-state index contributed by atoms with van der Waals surface area (Å²) in [5.74, 6) is 0. The lowest BCUT2D eigenvalue weighted by molar-refractivity contribution is 0.176. The van der Waals surface area contributed by atoms with Crippen molar-refractivity contribution in [3.05, 3.63) is 21.9 Å². The summed E-state index contributed by atoms with van der Waals surface area (Å²) in [7, 11) is 0. The molecule has 1 aromatic rings. The van der Waals surface area contributed by atoms with E-state index in [1.165, 1.54) is 29.8 Å². The summed E-state index contributed by atoms with van der Waals surface area (Å²) in [6.45, 7) is 10.3. The summed E-state index contributed by atoms with van der Waals surface area (Å²) >= 11 is 1.88. The maximum absolute atomic E-state index is 3.66. The maximum atomic E-state index is 3.66. The van der Waals surface area contributed by atoms with Gasteiger partial charge in [-0.15, -0.1) is 11.3 Å². The first-order chi connectivity index (χ1) is 8.63. The molecule has 2 rings (SSSR count). The van der Waals surface area contributed by atoms with Gasteiger partial charge in [0.15, 0.2) is 0 Å². The van der Waals surface area contributed by atoms with Crippen LogP contribution in [0.2, 0.25) is 0 Å². The van der Waals surface area contributed by atoms with Crippen molar-refractivity contribution in [3.8, 4) is 0 Å². The van der Waals surface area contributed by atoms with Gasteiger partial charge in [-0.25, -0.2) is 0 Å². The van der Waals surface area contributed by atoms with Gasteiger partial charge in [0.05, 0.1) is 0 Å². The van der Waals surface area contributed by atoms with E-state index in [9.17, 15) is 0 Å². The molecule has 0 amide bonds. The molecule has 0 aromatic carbocycles. The summed E-state index contributed by atoms with van der Waals surface area (Å²) in [5.41, 5.74) is 1.93. The standard InChI is InChI=1S/C15H26N2S/c1-4-12-6-9-18-13(12)10-16-11-14-15(2,3)7-5-8-17-14/h6,9,14,16-17H,4-5,7-8,10-11H2,1-3H3. The number of piperidine rings is 1. The minimum atomic E-state index is 0.425. The Hall–Kier alpha value is -0.380. The molecule has 1 aromatic heterocycles. The molecule has 102 valence electrons. The van der Waals surface area contributed by atoms with Crippen molar-refractivity contribution in [2.24, 2.45) is 5.41 Å². The molecule has 2 heterocycles. The van der Waals surface area contributed by atoms with Crippen LogP contribution in [0, 0.1) is 5.41 Å². The molecule has 0 spiro atoms. The summed E-state index contributed by atoms with van der Waals surface area (Å²) in [6, 6.07) is 2.86. The lowest BCUT2D eigenvalue weighted by atomic mass is 9.77. The van der Waals surface area contributed by atoms with Crippen molar-refractivity contribution < 1.29 is 0 Å². The average molecular weight is 266 g/mol. The summed E-state index contributed by atoms with van der Waals surface area (Å²) < 4.78 is 0. The van der Waals surface area contributed by atoms with Crippen LogP contribution in [0.15, 0.2) is 11.4 Å². The molecule has 0 radical (unpaired) electrons. The molecule has 2 nitrogen and oxygen atoms in total. The maximum Gasteiger partial charge on any atom is 0.0303 e. The van der Waals surface area contributed by atoms with Gasteiger partial charge in [-0.1, -0.05) is 20.8 Å². The number of aryl methyl sites for hydroxylation is 1. The molecule has 1 aliphatic heterocycles. The van der Waals surface area contributed by atoms with Crippen molar-refractivity contribution >= 4 is 11.3 Å². The molecule has 1 saturated heterocycles. The topological polar surface area (TPSA) is 24.1 Å². The average Bonchev–Trinajstić information content (AvgIpc) is 2.78. The van der Waals surface area contributed by atoms with Gasteiger partial charge in [-0.2, -0.15) is 0 Å². The van der Waals surface area contributed by atoms with E-state index in [0.29, 0.717) is 11.5 Å². The lowest BCUT2D eigenvalue weighted by Gasteiger charge is -2.39. The van der Waals surface area contributed by atoms with E-state index < -0.39 is 0 Å². The highest BCUT2D eigenvalue weighted by molar-refractivity contribution is 7.10. The van der Waals surface area contributed by atoms with Crippen molar-refractivity contribution in [2.75, 3.05) is 13.1 Å². The Bertz CT molecular complexity index is 370. The van der Waals surface area contributed by atoms with E-state index in [0.717, 1.165) is 19.5 Å². The Balaban J connectivity index is 1.81. The Labute approximate surface area is 115 Å². The van der Waals surface area contributed by atoms with Gasteiger partial charge in [0, 0.05) is 24.0 Å². The first-order valence-electron chi connectivity index (χ1n) is 7.13. The van der Waals surface area contributed by atoms with Crippen LogP contribution in [0.4, 0.5) is 0 Å². The van der Waals surface area contributed by atoms with Gasteiger partial charge in [0.25, 0.3) is 0 Å². The third-order valence-electron chi connectivity index (χ3n) is 4.18. The highest BCUT2D eigenvalue weighted by Gasteiger charge is 2.31. The molecule has 1 fully saturated rings. The SMILES string of the molecule is CCc1ccsc1CNCC1NCCCC1(C)C. The van der Waals surface area contributed by atoms with Crippen molar-refractivity contribution in [2.45, 2.75) is 52.6 Å². The largest absolute Gasteiger partial charge is 0.312 e. The number of hydrogen-bond donors (Lipinski definition) is 2. The van der Waals surface area contributed by atoms with Crippen molar-refractivity contribution in [3.63, 3.8) is 0 Å². The van der Waals surface area contributed by atoms with E-state index in [4.69, 9.17) is 0 Å². The molecule has 1 aliphatic rings. The van der Waals surface area contributed by atoms with Gasteiger partial charge >= 0.3 is 0 Å². The molecular formula is C15H26N2S. The molecule has 0 aliphatic carbocycles. The number of rotatable bonds is 5.